The largest absolute Gasteiger partial charge is 0.214 e. The van der Waals surface area contributed by atoms with E-state index in [4.69, 9.17) is 0 Å². The zero-order valence-electron chi connectivity index (χ0n) is 11.3. The van der Waals surface area contributed by atoms with E-state index in [0.29, 0.717) is 0 Å². The first-order valence-corrected chi connectivity index (χ1v) is 9.34. The molecule has 0 heterocycles. The van der Waals surface area contributed by atoms with Gasteiger partial charge in [-0.05, 0) is 25.1 Å². The number of rotatable bonds is 8. The van der Waals surface area contributed by atoms with Crippen LogP contribution >= 0.6 is 0 Å². The molecule has 120 valence electrons. The average molecular weight is 342 g/mol. The summed E-state index contributed by atoms with van der Waals surface area (Å²) in [5, 5.41) is 0. The summed E-state index contributed by atoms with van der Waals surface area (Å²) >= 11 is 0. The lowest BCUT2D eigenvalue weighted by Crippen LogP contribution is -2.34. The molecule has 6 nitrogen and oxygen atoms in total. The predicted octanol–water partition coefficient (Wildman–Crippen LogP) is 0.324. The molecule has 0 spiro atoms. The fourth-order valence-electron chi connectivity index (χ4n) is 1.37. The van der Waals surface area contributed by atoms with Gasteiger partial charge < -0.3 is 0 Å². The first-order valence-electron chi connectivity index (χ1n) is 6.04. The van der Waals surface area contributed by atoms with Crippen molar-refractivity contribution in [1.29, 1.82) is 0 Å². The molecular weight excluding hydrogens is 326 g/mol. The van der Waals surface area contributed by atoms with Crippen LogP contribution < -0.4 is 9.44 Å². The molecule has 0 radical (unpaired) electrons. The number of sulfonamides is 2. The Hall–Kier alpha value is -1.10. The SMILES string of the molecule is CCS(=O)(=O)NCCS(=O)(=O)NCc1cc(F)ccc1F. The maximum Gasteiger partial charge on any atom is 0.213 e. The van der Waals surface area contributed by atoms with Crippen molar-refractivity contribution < 1.29 is 25.6 Å². The van der Waals surface area contributed by atoms with E-state index in [-0.39, 0.29) is 17.9 Å². The van der Waals surface area contributed by atoms with Crippen LogP contribution in [0.3, 0.4) is 0 Å². The van der Waals surface area contributed by atoms with Crippen LogP contribution in [0, 0.1) is 11.6 Å². The van der Waals surface area contributed by atoms with E-state index >= 15 is 0 Å². The van der Waals surface area contributed by atoms with Gasteiger partial charge in [0.05, 0.1) is 11.5 Å². The number of benzene rings is 1. The zero-order chi connectivity index (χ0) is 16.1. The van der Waals surface area contributed by atoms with Crippen molar-refractivity contribution in [3.63, 3.8) is 0 Å². The highest BCUT2D eigenvalue weighted by Crippen LogP contribution is 2.09. The van der Waals surface area contributed by atoms with Crippen molar-refractivity contribution in [3.05, 3.63) is 35.4 Å². The summed E-state index contributed by atoms with van der Waals surface area (Å²) in [4.78, 5) is 0. The Morgan fingerprint density at radius 2 is 1.71 bits per heavy atom. The summed E-state index contributed by atoms with van der Waals surface area (Å²) < 4.78 is 75.9. The molecule has 0 aromatic heterocycles. The van der Waals surface area contributed by atoms with E-state index < -0.39 is 44.0 Å². The molecule has 1 rings (SSSR count). The van der Waals surface area contributed by atoms with Crippen molar-refractivity contribution in [3.8, 4) is 0 Å². The Labute approximate surface area is 122 Å². The van der Waals surface area contributed by atoms with Gasteiger partial charge in [0.15, 0.2) is 0 Å². The fraction of sp³-hybridized carbons (Fsp3) is 0.455. The van der Waals surface area contributed by atoms with Gasteiger partial charge in [0.25, 0.3) is 0 Å². The number of hydrogen-bond acceptors (Lipinski definition) is 4. The van der Waals surface area contributed by atoms with Gasteiger partial charge >= 0.3 is 0 Å². The highest BCUT2D eigenvalue weighted by molar-refractivity contribution is 7.90. The highest BCUT2D eigenvalue weighted by Gasteiger charge is 2.14. The molecule has 10 heteroatoms. The van der Waals surface area contributed by atoms with Crippen molar-refractivity contribution in [2.24, 2.45) is 0 Å². The van der Waals surface area contributed by atoms with Crippen LogP contribution in [0.5, 0.6) is 0 Å². The van der Waals surface area contributed by atoms with Crippen molar-refractivity contribution >= 4 is 20.0 Å². The normalized spacial score (nSPS) is 12.5. The minimum atomic E-state index is -3.81. The van der Waals surface area contributed by atoms with E-state index in [9.17, 15) is 25.6 Å². The molecule has 0 saturated carbocycles. The minimum Gasteiger partial charge on any atom is -0.214 e. The molecule has 0 amide bonds. The van der Waals surface area contributed by atoms with E-state index in [1.807, 2.05) is 0 Å². The maximum atomic E-state index is 13.3. The lowest BCUT2D eigenvalue weighted by atomic mass is 10.2. The molecule has 0 atom stereocenters. The van der Waals surface area contributed by atoms with Gasteiger partial charge in [-0.15, -0.1) is 0 Å². The molecule has 21 heavy (non-hydrogen) atoms. The summed E-state index contributed by atoms with van der Waals surface area (Å²) in [7, 11) is -7.28. The van der Waals surface area contributed by atoms with Crippen LogP contribution in [-0.4, -0.2) is 34.9 Å². The first-order chi connectivity index (χ1) is 9.65. The molecule has 0 bridgehead atoms. The van der Waals surface area contributed by atoms with Gasteiger partial charge in [-0.3, -0.25) is 0 Å². The second kappa shape index (κ2) is 7.25. The lowest BCUT2D eigenvalue weighted by Gasteiger charge is -2.08. The molecular formula is C11H16F2N2O4S2. The molecule has 2 N–H and O–H groups in total. The molecule has 0 fully saturated rings. The molecule has 0 aliphatic heterocycles. The zero-order valence-corrected chi connectivity index (χ0v) is 12.9. The molecule has 0 aliphatic rings. The second-order valence-corrected chi connectivity index (χ2v) is 8.20. The Kier molecular flexibility index (Phi) is 6.20. The molecule has 0 unspecified atom stereocenters. The summed E-state index contributed by atoms with van der Waals surface area (Å²) in [5.41, 5.74) is -0.132. The highest BCUT2D eigenvalue weighted by atomic mass is 32.2. The van der Waals surface area contributed by atoms with Crippen LogP contribution in [-0.2, 0) is 26.6 Å². The van der Waals surface area contributed by atoms with Crippen LogP contribution in [0.2, 0.25) is 0 Å². The smallest absolute Gasteiger partial charge is 0.213 e. The van der Waals surface area contributed by atoms with Crippen LogP contribution in [0.1, 0.15) is 12.5 Å². The average Bonchev–Trinajstić information content (AvgIpc) is 2.39. The third-order valence-corrected chi connectivity index (χ3v) is 5.29. The summed E-state index contributed by atoms with van der Waals surface area (Å²) in [6.07, 6.45) is 0. The molecule has 1 aromatic carbocycles. The maximum absolute atomic E-state index is 13.3. The van der Waals surface area contributed by atoms with Crippen molar-refractivity contribution in [2.75, 3.05) is 18.1 Å². The van der Waals surface area contributed by atoms with Crippen LogP contribution in [0.25, 0.3) is 0 Å². The van der Waals surface area contributed by atoms with E-state index in [0.717, 1.165) is 18.2 Å². The summed E-state index contributed by atoms with van der Waals surface area (Å²) in [6.45, 7) is 0.714. The number of hydrogen-bond donors (Lipinski definition) is 2. The van der Waals surface area contributed by atoms with Crippen molar-refractivity contribution in [2.45, 2.75) is 13.5 Å². The van der Waals surface area contributed by atoms with E-state index in [2.05, 4.69) is 9.44 Å². The standard InChI is InChI=1S/C11H16F2N2O4S2/c1-2-20(16,17)14-5-6-21(18,19)15-8-9-7-10(12)3-4-11(9)13/h3-4,7,14-15H,2,5-6,8H2,1H3. The third kappa shape index (κ3) is 6.46. The number of nitrogens with one attached hydrogen (secondary N) is 2. The van der Waals surface area contributed by atoms with E-state index in [1.54, 1.807) is 0 Å². The second-order valence-electron chi connectivity index (χ2n) is 4.17. The van der Waals surface area contributed by atoms with Gasteiger partial charge in [-0.2, -0.15) is 0 Å². The summed E-state index contributed by atoms with van der Waals surface area (Å²) in [5.74, 6) is -2.06. The third-order valence-electron chi connectivity index (χ3n) is 2.56. The van der Waals surface area contributed by atoms with E-state index in [1.165, 1.54) is 6.92 Å². The quantitative estimate of drug-likeness (QED) is 0.712. The fourth-order valence-corrected chi connectivity index (χ4v) is 3.01. The van der Waals surface area contributed by atoms with Crippen LogP contribution in [0.15, 0.2) is 18.2 Å². The lowest BCUT2D eigenvalue weighted by molar-refractivity contribution is 0.565. The Balaban J connectivity index is 2.55. The van der Waals surface area contributed by atoms with Gasteiger partial charge in [-0.25, -0.2) is 35.1 Å². The minimum absolute atomic E-state index is 0.132. The predicted molar refractivity (Wildman–Crippen MR) is 74.4 cm³/mol. The molecule has 1 aromatic rings. The first kappa shape index (κ1) is 18.0. The topological polar surface area (TPSA) is 92.3 Å². The molecule has 0 aliphatic carbocycles. The Morgan fingerprint density at radius 1 is 1.05 bits per heavy atom. The van der Waals surface area contributed by atoms with Gasteiger partial charge in [0.2, 0.25) is 20.0 Å². The summed E-state index contributed by atoms with van der Waals surface area (Å²) in [6, 6.07) is 2.71. The molecule has 0 saturated heterocycles. The monoisotopic (exact) mass is 342 g/mol. The van der Waals surface area contributed by atoms with Gasteiger partial charge in [-0.1, -0.05) is 0 Å². The van der Waals surface area contributed by atoms with Crippen molar-refractivity contribution in [1.82, 2.24) is 9.44 Å². The number of halogens is 2. The Morgan fingerprint density at radius 3 is 2.33 bits per heavy atom. The van der Waals surface area contributed by atoms with Gasteiger partial charge in [0, 0.05) is 18.7 Å². The van der Waals surface area contributed by atoms with Crippen LogP contribution in [0.4, 0.5) is 8.78 Å². The van der Waals surface area contributed by atoms with Gasteiger partial charge in [0.1, 0.15) is 11.6 Å². The Bertz CT molecular complexity index is 690.